The second-order valence-electron chi connectivity index (χ2n) is 8.56. The van der Waals surface area contributed by atoms with Gasteiger partial charge in [0, 0.05) is 30.4 Å². The minimum atomic E-state index is -0.204. The van der Waals surface area contributed by atoms with Crippen molar-refractivity contribution in [3.8, 4) is 0 Å². The number of nitrogens with zero attached hydrogens (tertiary/aromatic N) is 2. The molecular weight excluding hydrogens is 343 g/mol. The van der Waals surface area contributed by atoms with Crippen molar-refractivity contribution in [1.82, 2.24) is 4.90 Å². The van der Waals surface area contributed by atoms with Crippen LogP contribution < -0.4 is 4.90 Å². The highest BCUT2D eigenvalue weighted by Crippen LogP contribution is 2.45. The molecule has 0 N–H and O–H groups in total. The number of benzene rings is 1. The van der Waals surface area contributed by atoms with Crippen LogP contribution in [0.3, 0.4) is 0 Å². The van der Waals surface area contributed by atoms with Crippen LogP contribution in [0.2, 0.25) is 0 Å². The maximum absolute atomic E-state index is 13.8. The third-order valence-electron chi connectivity index (χ3n) is 6.08. The molecule has 2 aliphatic heterocycles. The number of carbonyl (C=O) groups is 1. The fourth-order valence-corrected chi connectivity index (χ4v) is 5.11. The Labute approximate surface area is 159 Å². The Hall–Kier alpha value is -2.30. The van der Waals surface area contributed by atoms with Crippen molar-refractivity contribution >= 4 is 11.6 Å². The average molecular weight is 370 g/mol. The number of hydrogen-bond donors (Lipinski definition) is 0. The maximum atomic E-state index is 13.8. The van der Waals surface area contributed by atoms with Crippen molar-refractivity contribution in [2.24, 2.45) is 5.92 Å². The van der Waals surface area contributed by atoms with Crippen LogP contribution in [0, 0.1) is 25.6 Å². The zero-order valence-corrected chi connectivity index (χ0v) is 16.5. The molecule has 27 heavy (non-hydrogen) atoms. The van der Waals surface area contributed by atoms with E-state index in [2.05, 4.69) is 18.7 Å². The van der Waals surface area contributed by atoms with Gasteiger partial charge in [0.15, 0.2) is 0 Å². The molecule has 3 heterocycles. The summed E-state index contributed by atoms with van der Waals surface area (Å²) < 4.78 is 19.3. The molecule has 0 aliphatic carbocycles. The van der Waals surface area contributed by atoms with E-state index in [4.69, 9.17) is 4.42 Å². The van der Waals surface area contributed by atoms with Gasteiger partial charge in [-0.05, 0) is 70.7 Å². The van der Waals surface area contributed by atoms with Crippen LogP contribution in [0.4, 0.5) is 10.1 Å². The molecule has 2 atom stereocenters. The number of halogens is 1. The molecule has 2 aromatic rings. The van der Waals surface area contributed by atoms with E-state index in [-0.39, 0.29) is 17.3 Å². The number of anilines is 1. The lowest BCUT2D eigenvalue weighted by molar-refractivity contribution is 0.0665. The summed E-state index contributed by atoms with van der Waals surface area (Å²) in [7, 11) is 0. The van der Waals surface area contributed by atoms with E-state index in [0.29, 0.717) is 29.8 Å². The van der Waals surface area contributed by atoms with Gasteiger partial charge < -0.3 is 14.2 Å². The number of rotatable bonds is 2. The lowest BCUT2D eigenvalue weighted by Gasteiger charge is -2.41. The van der Waals surface area contributed by atoms with Gasteiger partial charge in [-0.2, -0.15) is 0 Å². The molecule has 5 heteroatoms. The Balaban J connectivity index is 1.56. The lowest BCUT2D eigenvalue weighted by atomic mass is 9.89. The maximum Gasteiger partial charge on any atom is 0.257 e. The molecule has 0 unspecified atom stereocenters. The monoisotopic (exact) mass is 370 g/mol. The zero-order valence-electron chi connectivity index (χ0n) is 16.5. The van der Waals surface area contributed by atoms with Crippen molar-refractivity contribution in [2.45, 2.75) is 52.1 Å². The Morgan fingerprint density at radius 2 is 2.04 bits per heavy atom. The summed E-state index contributed by atoms with van der Waals surface area (Å²) in [5.74, 6) is 1.70. The Morgan fingerprint density at radius 3 is 2.70 bits per heavy atom. The molecule has 144 valence electrons. The normalized spacial score (nSPS) is 24.2. The van der Waals surface area contributed by atoms with Gasteiger partial charge in [-0.25, -0.2) is 4.39 Å². The van der Waals surface area contributed by atoms with Crippen LogP contribution in [-0.2, 0) is 0 Å². The van der Waals surface area contributed by atoms with Gasteiger partial charge in [-0.1, -0.05) is 6.07 Å². The van der Waals surface area contributed by atoms with Gasteiger partial charge in [0.05, 0.1) is 5.56 Å². The first-order valence-electron chi connectivity index (χ1n) is 9.67. The largest absolute Gasteiger partial charge is 0.466 e. The molecule has 2 saturated heterocycles. The van der Waals surface area contributed by atoms with Crippen LogP contribution in [-0.4, -0.2) is 35.5 Å². The molecule has 4 nitrogen and oxygen atoms in total. The standard InChI is InChI=1S/C22H27FN2O2/c1-14-10-19(15(2)27-14)21(26)24-9-8-20-16(13-24)12-22(3,4)25(20)18-7-5-6-17(23)11-18/h5-7,10-11,16,20H,8-9,12-13H2,1-4H3/t16-,20+/m1/s1. The summed E-state index contributed by atoms with van der Waals surface area (Å²) in [4.78, 5) is 17.3. The first-order valence-corrected chi connectivity index (χ1v) is 9.67. The summed E-state index contributed by atoms with van der Waals surface area (Å²) in [5, 5.41) is 0. The second-order valence-corrected chi connectivity index (χ2v) is 8.56. The Bertz CT molecular complexity index is 873. The first kappa shape index (κ1) is 18.1. The van der Waals surface area contributed by atoms with Crippen molar-refractivity contribution in [1.29, 1.82) is 0 Å². The van der Waals surface area contributed by atoms with Gasteiger partial charge in [-0.3, -0.25) is 4.79 Å². The number of carbonyl (C=O) groups excluding carboxylic acids is 1. The molecule has 0 radical (unpaired) electrons. The molecule has 0 bridgehead atoms. The van der Waals surface area contributed by atoms with E-state index in [9.17, 15) is 9.18 Å². The van der Waals surface area contributed by atoms with Crippen LogP contribution >= 0.6 is 0 Å². The molecule has 1 aromatic carbocycles. The minimum Gasteiger partial charge on any atom is -0.466 e. The van der Waals surface area contributed by atoms with Crippen LogP contribution in [0.1, 0.15) is 48.6 Å². The van der Waals surface area contributed by atoms with E-state index < -0.39 is 0 Å². The minimum absolute atomic E-state index is 0.0600. The van der Waals surface area contributed by atoms with Gasteiger partial charge >= 0.3 is 0 Å². The lowest BCUT2D eigenvalue weighted by Crippen LogP contribution is -2.50. The quantitative estimate of drug-likeness (QED) is 0.778. The zero-order chi connectivity index (χ0) is 19.3. The summed E-state index contributed by atoms with van der Waals surface area (Å²) in [5.41, 5.74) is 1.54. The van der Waals surface area contributed by atoms with Crippen molar-refractivity contribution in [3.63, 3.8) is 0 Å². The number of likely N-dealkylation sites (tertiary alicyclic amines) is 1. The number of piperidine rings is 1. The molecule has 2 aliphatic rings. The van der Waals surface area contributed by atoms with E-state index in [0.717, 1.165) is 30.8 Å². The van der Waals surface area contributed by atoms with Crippen molar-refractivity contribution in [3.05, 3.63) is 53.2 Å². The van der Waals surface area contributed by atoms with Crippen LogP contribution in [0.5, 0.6) is 0 Å². The molecule has 1 aromatic heterocycles. The van der Waals surface area contributed by atoms with Gasteiger partial charge in [-0.15, -0.1) is 0 Å². The van der Waals surface area contributed by atoms with Crippen molar-refractivity contribution in [2.75, 3.05) is 18.0 Å². The van der Waals surface area contributed by atoms with Gasteiger partial charge in [0.25, 0.3) is 5.91 Å². The molecular formula is C22H27FN2O2. The highest BCUT2D eigenvalue weighted by atomic mass is 19.1. The predicted molar refractivity (Wildman–Crippen MR) is 104 cm³/mol. The second kappa shape index (κ2) is 6.39. The summed E-state index contributed by atoms with van der Waals surface area (Å²) >= 11 is 0. The Kier molecular flexibility index (Phi) is 4.28. The average Bonchev–Trinajstić information content (AvgIpc) is 3.07. The third kappa shape index (κ3) is 3.13. The first-order chi connectivity index (χ1) is 12.8. The molecule has 2 fully saturated rings. The number of fused-ring (bicyclic) bond motifs is 1. The number of amides is 1. The van der Waals surface area contributed by atoms with E-state index in [1.807, 2.05) is 30.9 Å². The summed E-state index contributed by atoms with van der Waals surface area (Å²) in [6, 6.07) is 9.04. The fourth-order valence-electron chi connectivity index (χ4n) is 5.11. The molecule has 0 saturated carbocycles. The highest BCUT2D eigenvalue weighted by Gasteiger charge is 2.48. The van der Waals surface area contributed by atoms with Crippen LogP contribution in [0.15, 0.2) is 34.7 Å². The fraction of sp³-hybridized carbons (Fsp3) is 0.500. The Morgan fingerprint density at radius 1 is 1.26 bits per heavy atom. The molecule has 1 amide bonds. The topological polar surface area (TPSA) is 36.7 Å². The van der Waals surface area contributed by atoms with Gasteiger partial charge in [0.1, 0.15) is 17.3 Å². The van der Waals surface area contributed by atoms with Crippen molar-refractivity contribution < 1.29 is 13.6 Å². The third-order valence-corrected chi connectivity index (χ3v) is 6.08. The van der Waals surface area contributed by atoms with E-state index in [1.54, 1.807) is 12.1 Å². The SMILES string of the molecule is Cc1cc(C(=O)N2CC[C@H]3[C@@H](C2)CC(C)(C)N3c2cccc(F)c2)c(C)o1. The predicted octanol–water partition coefficient (Wildman–Crippen LogP) is 4.56. The van der Waals surface area contributed by atoms with Gasteiger partial charge in [0.2, 0.25) is 0 Å². The molecule has 4 rings (SSSR count). The van der Waals surface area contributed by atoms with E-state index in [1.165, 1.54) is 6.07 Å². The number of aryl methyl sites for hydroxylation is 2. The number of furan rings is 1. The van der Waals surface area contributed by atoms with E-state index >= 15 is 0 Å². The highest BCUT2D eigenvalue weighted by molar-refractivity contribution is 5.95. The number of hydrogen-bond acceptors (Lipinski definition) is 3. The summed E-state index contributed by atoms with van der Waals surface area (Å²) in [6.07, 6.45) is 1.88. The smallest absolute Gasteiger partial charge is 0.257 e. The summed E-state index contributed by atoms with van der Waals surface area (Å²) in [6.45, 7) is 9.59. The molecule has 0 spiro atoms. The van der Waals surface area contributed by atoms with Crippen LogP contribution in [0.25, 0.3) is 0 Å².